The highest BCUT2D eigenvalue weighted by Crippen LogP contribution is 2.19. The Hall–Kier alpha value is -2.39. The minimum Gasteiger partial charge on any atom is -0.360 e. The van der Waals surface area contributed by atoms with Crippen LogP contribution in [0.15, 0.2) is 30.0 Å². The summed E-state index contributed by atoms with van der Waals surface area (Å²) in [4.78, 5) is 22.1. The van der Waals surface area contributed by atoms with Crippen LogP contribution in [0.3, 0.4) is 0 Å². The van der Waals surface area contributed by atoms with Crippen LogP contribution in [0.5, 0.6) is 0 Å². The smallest absolute Gasteiger partial charge is 0.269 e. The summed E-state index contributed by atoms with van der Waals surface area (Å²) in [7, 11) is 0. The van der Waals surface area contributed by atoms with Crippen LogP contribution in [0.2, 0.25) is 5.02 Å². The van der Waals surface area contributed by atoms with Crippen molar-refractivity contribution in [3.8, 4) is 6.07 Å². The molecule has 0 unspecified atom stereocenters. The van der Waals surface area contributed by atoms with Crippen molar-refractivity contribution in [2.75, 3.05) is 5.32 Å². The number of halogens is 2. The van der Waals surface area contributed by atoms with Crippen molar-refractivity contribution in [1.29, 1.82) is 5.26 Å². The van der Waals surface area contributed by atoms with E-state index in [0.717, 1.165) is 19.2 Å². The number of hydrogen-bond donors (Lipinski definition) is 2. The Morgan fingerprint density at radius 2 is 2.16 bits per heavy atom. The number of amides is 2. The summed E-state index contributed by atoms with van der Waals surface area (Å²) in [5, 5.41) is 13.2. The van der Waals surface area contributed by atoms with Crippen LogP contribution in [-0.4, -0.2) is 11.8 Å². The molecule has 1 aromatic rings. The van der Waals surface area contributed by atoms with E-state index in [9.17, 15) is 14.0 Å². The number of imide groups is 1. The van der Waals surface area contributed by atoms with E-state index in [-0.39, 0.29) is 10.6 Å². The van der Waals surface area contributed by atoms with Gasteiger partial charge in [0.2, 0.25) is 5.91 Å². The lowest BCUT2D eigenvalue weighted by Gasteiger charge is -2.03. The average Bonchev–Trinajstić information content (AvgIpc) is 2.33. The lowest BCUT2D eigenvalue weighted by atomic mass is 10.2. The van der Waals surface area contributed by atoms with Gasteiger partial charge in [-0.1, -0.05) is 11.6 Å². The van der Waals surface area contributed by atoms with Gasteiger partial charge >= 0.3 is 0 Å². The molecule has 7 heteroatoms. The van der Waals surface area contributed by atoms with Gasteiger partial charge < -0.3 is 5.32 Å². The molecule has 0 aromatic heterocycles. The van der Waals surface area contributed by atoms with Gasteiger partial charge in [0.15, 0.2) is 0 Å². The normalized spacial score (nSPS) is 10.5. The van der Waals surface area contributed by atoms with Crippen molar-refractivity contribution in [1.82, 2.24) is 5.32 Å². The van der Waals surface area contributed by atoms with E-state index >= 15 is 0 Å². The first-order valence-corrected chi connectivity index (χ1v) is 5.45. The van der Waals surface area contributed by atoms with Gasteiger partial charge in [0.25, 0.3) is 5.91 Å². The van der Waals surface area contributed by atoms with E-state index in [1.54, 1.807) is 6.07 Å². The molecule has 98 valence electrons. The van der Waals surface area contributed by atoms with Gasteiger partial charge in [0.1, 0.15) is 17.5 Å². The van der Waals surface area contributed by atoms with Crippen molar-refractivity contribution in [3.63, 3.8) is 0 Å². The molecule has 0 aliphatic rings. The SMILES string of the molecule is CC(=O)NC(=O)/C(C#N)=C/Nc1ccc(F)c(Cl)c1. The molecule has 0 aliphatic carbocycles. The molecule has 0 radical (unpaired) electrons. The zero-order chi connectivity index (χ0) is 14.4. The van der Waals surface area contributed by atoms with Crippen LogP contribution in [-0.2, 0) is 9.59 Å². The summed E-state index contributed by atoms with van der Waals surface area (Å²) < 4.78 is 12.9. The van der Waals surface area contributed by atoms with Crippen molar-refractivity contribution >= 4 is 29.1 Å². The molecular weight excluding hydrogens is 273 g/mol. The summed E-state index contributed by atoms with van der Waals surface area (Å²) >= 11 is 5.57. The van der Waals surface area contributed by atoms with Gasteiger partial charge in [-0.15, -0.1) is 0 Å². The van der Waals surface area contributed by atoms with Gasteiger partial charge in [0, 0.05) is 18.8 Å². The summed E-state index contributed by atoms with van der Waals surface area (Å²) in [6.07, 6.45) is 1.10. The Labute approximate surface area is 113 Å². The number of carbonyl (C=O) groups is 2. The number of anilines is 1. The third-order valence-electron chi connectivity index (χ3n) is 1.96. The average molecular weight is 282 g/mol. The number of carbonyl (C=O) groups excluding carboxylic acids is 2. The second-order valence-electron chi connectivity index (χ2n) is 3.45. The number of nitriles is 1. The maximum atomic E-state index is 12.9. The zero-order valence-corrected chi connectivity index (χ0v) is 10.6. The standard InChI is InChI=1S/C12H9ClFN3O2/c1-7(18)17-12(19)8(5-15)6-16-9-2-3-11(14)10(13)4-9/h2-4,6,16H,1H3,(H,17,18,19)/b8-6+. The molecule has 5 nitrogen and oxygen atoms in total. The number of rotatable bonds is 3. The summed E-state index contributed by atoms with van der Waals surface area (Å²) in [6.45, 7) is 1.15. The third kappa shape index (κ3) is 4.41. The van der Waals surface area contributed by atoms with Crippen LogP contribution in [0.4, 0.5) is 10.1 Å². The van der Waals surface area contributed by atoms with Crippen LogP contribution in [0.1, 0.15) is 6.92 Å². The zero-order valence-electron chi connectivity index (χ0n) is 9.83. The topological polar surface area (TPSA) is 82.0 Å². The number of nitrogens with zero attached hydrogens (tertiary/aromatic N) is 1. The first-order valence-electron chi connectivity index (χ1n) is 5.08. The third-order valence-corrected chi connectivity index (χ3v) is 2.25. The predicted molar refractivity (Wildman–Crippen MR) is 67.6 cm³/mol. The molecule has 2 N–H and O–H groups in total. The lowest BCUT2D eigenvalue weighted by molar-refractivity contribution is -0.126. The maximum Gasteiger partial charge on any atom is 0.269 e. The monoisotopic (exact) mass is 281 g/mol. The fourth-order valence-electron chi connectivity index (χ4n) is 1.12. The molecule has 1 aromatic carbocycles. The van der Waals surface area contributed by atoms with Crippen molar-refractivity contribution in [2.24, 2.45) is 0 Å². The Morgan fingerprint density at radius 1 is 1.47 bits per heavy atom. The molecule has 0 bridgehead atoms. The summed E-state index contributed by atoms with van der Waals surface area (Å²) in [5.74, 6) is -1.97. The van der Waals surface area contributed by atoms with Gasteiger partial charge in [-0.25, -0.2) is 4.39 Å². The van der Waals surface area contributed by atoms with Crippen LogP contribution < -0.4 is 10.6 Å². The number of nitrogens with one attached hydrogen (secondary N) is 2. The first-order chi connectivity index (χ1) is 8.93. The summed E-state index contributed by atoms with van der Waals surface area (Å²) in [5.41, 5.74) is 0.102. The van der Waals surface area contributed by atoms with Crippen LogP contribution in [0.25, 0.3) is 0 Å². The Morgan fingerprint density at radius 3 is 2.68 bits per heavy atom. The van der Waals surface area contributed by atoms with E-state index in [0.29, 0.717) is 5.69 Å². The molecule has 19 heavy (non-hydrogen) atoms. The second-order valence-corrected chi connectivity index (χ2v) is 3.86. The molecule has 0 fully saturated rings. The summed E-state index contributed by atoms with van der Waals surface area (Å²) in [6, 6.07) is 5.45. The first kappa shape index (κ1) is 14.7. The second kappa shape index (κ2) is 6.52. The number of benzene rings is 1. The minimum absolute atomic E-state index is 0.0925. The van der Waals surface area contributed by atoms with Gasteiger partial charge in [0.05, 0.1) is 5.02 Å². The molecule has 0 saturated heterocycles. The molecule has 0 aliphatic heterocycles. The Bertz CT molecular complexity index is 593. The molecule has 0 saturated carbocycles. The van der Waals surface area contributed by atoms with E-state index in [2.05, 4.69) is 5.32 Å². The Kier molecular flexibility index (Phi) is 5.03. The molecule has 0 spiro atoms. The highest BCUT2D eigenvalue weighted by molar-refractivity contribution is 6.31. The van der Waals surface area contributed by atoms with Crippen molar-refractivity contribution in [2.45, 2.75) is 6.92 Å². The van der Waals surface area contributed by atoms with Gasteiger partial charge in [-0.2, -0.15) is 5.26 Å². The lowest BCUT2D eigenvalue weighted by Crippen LogP contribution is -2.29. The van der Waals surface area contributed by atoms with E-state index in [1.165, 1.54) is 12.1 Å². The quantitative estimate of drug-likeness (QED) is 0.655. The molecule has 1 rings (SSSR count). The minimum atomic E-state index is -0.823. The van der Waals surface area contributed by atoms with E-state index in [1.807, 2.05) is 5.32 Å². The fourth-order valence-corrected chi connectivity index (χ4v) is 1.30. The van der Waals surface area contributed by atoms with E-state index in [4.69, 9.17) is 16.9 Å². The van der Waals surface area contributed by atoms with Gasteiger partial charge in [-0.3, -0.25) is 14.9 Å². The molecule has 0 heterocycles. The highest BCUT2D eigenvalue weighted by Gasteiger charge is 2.10. The number of hydrogen-bond acceptors (Lipinski definition) is 4. The van der Waals surface area contributed by atoms with Crippen molar-refractivity contribution in [3.05, 3.63) is 40.8 Å². The van der Waals surface area contributed by atoms with Crippen LogP contribution in [0, 0.1) is 17.1 Å². The fraction of sp³-hybridized carbons (Fsp3) is 0.0833. The predicted octanol–water partition coefficient (Wildman–Crippen LogP) is 1.96. The van der Waals surface area contributed by atoms with E-state index < -0.39 is 17.6 Å². The molecular formula is C12H9ClFN3O2. The molecule has 2 amide bonds. The van der Waals surface area contributed by atoms with Crippen LogP contribution >= 0.6 is 11.6 Å². The largest absolute Gasteiger partial charge is 0.360 e. The highest BCUT2D eigenvalue weighted by atomic mass is 35.5. The van der Waals surface area contributed by atoms with Crippen molar-refractivity contribution < 1.29 is 14.0 Å². The maximum absolute atomic E-state index is 12.9. The molecule has 0 atom stereocenters. The van der Waals surface area contributed by atoms with Gasteiger partial charge in [-0.05, 0) is 18.2 Å². The Balaban J connectivity index is 2.83.